The number of nitrogens with two attached hydrogens (primary N) is 2. The van der Waals surface area contributed by atoms with Crippen LogP contribution in [-0.4, -0.2) is 91.5 Å². The normalized spacial score (nSPS) is 27.4. The van der Waals surface area contributed by atoms with Crippen molar-refractivity contribution in [3.8, 4) is 0 Å². The van der Waals surface area contributed by atoms with Crippen LogP contribution in [0.1, 0.15) is 32.0 Å². The lowest BCUT2D eigenvalue weighted by molar-refractivity contribution is -0.230. The van der Waals surface area contributed by atoms with E-state index < -0.39 is 41.4 Å². The molecule has 0 saturated carbocycles. The molecule has 2 amide bonds. The second-order valence-electron chi connectivity index (χ2n) is 9.32. The van der Waals surface area contributed by atoms with E-state index in [1.165, 1.54) is 23.5 Å². The van der Waals surface area contributed by atoms with E-state index in [4.69, 9.17) is 11.5 Å². The van der Waals surface area contributed by atoms with Gasteiger partial charge in [-0.15, -0.1) is 0 Å². The molecule has 0 aliphatic carbocycles. The zero-order valence-electron chi connectivity index (χ0n) is 20.2. The van der Waals surface area contributed by atoms with Gasteiger partial charge >= 0.3 is 0 Å². The summed E-state index contributed by atoms with van der Waals surface area (Å²) in [5.41, 5.74) is 12.8. The number of hydrogen-bond donors (Lipinski definition) is 7. The first-order valence-electron chi connectivity index (χ1n) is 11.6. The number of aliphatic imine (C=N–C) groups is 2. The molecule has 3 aliphatic rings. The van der Waals surface area contributed by atoms with Crippen LogP contribution in [0, 0.1) is 13.8 Å². The van der Waals surface area contributed by atoms with Crippen molar-refractivity contribution in [1.29, 1.82) is 0 Å². The first-order chi connectivity index (χ1) is 17.6. The number of benzene rings is 1. The van der Waals surface area contributed by atoms with Gasteiger partial charge in [0.15, 0.2) is 17.6 Å². The molecule has 14 heteroatoms. The minimum Gasteiger partial charge on any atom is -0.370 e. The summed E-state index contributed by atoms with van der Waals surface area (Å²) < 4.78 is 0. The highest BCUT2D eigenvalue weighted by Gasteiger charge is 2.73. The van der Waals surface area contributed by atoms with Gasteiger partial charge in [-0.1, -0.05) is 12.1 Å². The Morgan fingerprint density at radius 3 is 2.70 bits per heavy atom. The van der Waals surface area contributed by atoms with E-state index >= 15 is 0 Å². The molecule has 3 aliphatic heterocycles. The lowest BCUT2D eigenvalue weighted by Crippen LogP contribution is -2.78. The molecule has 9 N–H and O–H groups in total. The Morgan fingerprint density at radius 1 is 1.19 bits per heavy atom. The third-order valence-electron chi connectivity index (χ3n) is 7.22. The van der Waals surface area contributed by atoms with E-state index in [0.717, 1.165) is 11.1 Å². The van der Waals surface area contributed by atoms with Crippen LogP contribution in [0.25, 0.3) is 0 Å². The van der Waals surface area contributed by atoms with Crippen molar-refractivity contribution in [2.24, 2.45) is 21.5 Å². The molecule has 5 rings (SSSR count). The van der Waals surface area contributed by atoms with Crippen LogP contribution in [0.3, 0.4) is 0 Å². The van der Waals surface area contributed by atoms with Gasteiger partial charge in [0.1, 0.15) is 17.8 Å². The highest BCUT2D eigenvalue weighted by Crippen LogP contribution is 2.44. The number of nitrogens with one attached hydrogen (secondary N) is 3. The molecule has 4 heterocycles. The maximum Gasteiger partial charge on any atom is 0.271 e. The molecule has 4 atom stereocenters. The molecule has 0 radical (unpaired) electrons. The predicted molar refractivity (Wildman–Crippen MR) is 132 cm³/mol. The molecule has 1 aromatic carbocycles. The number of guanidine groups is 2. The van der Waals surface area contributed by atoms with E-state index in [1.807, 2.05) is 19.9 Å². The van der Waals surface area contributed by atoms with Crippen LogP contribution in [0.2, 0.25) is 0 Å². The smallest absolute Gasteiger partial charge is 0.271 e. The molecule has 1 fully saturated rings. The molecular weight excluding hydrogens is 480 g/mol. The van der Waals surface area contributed by atoms with E-state index in [1.54, 1.807) is 12.1 Å². The van der Waals surface area contributed by atoms with Gasteiger partial charge in [0, 0.05) is 31.0 Å². The summed E-state index contributed by atoms with van der Waals surface area (Å²) in [6.45, 7) is 3.57. The number of nitrogens with zero attached hydrogens (tertiary/aromatic N) is 5. The number of aryl methyl sites for hydroxylation is 1. The van der Waals surface area contributed by atoms with Gasteiger partial charge in [0.2, 0.25) is 5.79 Å². The van der Waals surface area contributed by atoms with Crippen LogP contribution in [-0.2, 0) is 0 Å². The van der Waals surface area contributed by atoms with E-state index in [9.17, 15) is 19.8 Å². The summed E-state index contributed by atoms with van der Waals surface area (Å²) in [7, 11) is 0. The summed E-state index contributed by atoms with van der Waals surface area (Å²) in [5.74, 6) is -3.63. The average Bonchev–Trinajstić information content (AvgIpc) is 3.34. The summed E-state index contributed by atoms with van der Waals surface area (Å²) >= 11 is 0. The molecule has 194 valence electrons. The molecule has 1 saturated heterocycles. The number of aromatic nitrogens is 2. The molecule has 37 heavy (non-hydrogen) atoms. The molecule has 2 aromatic rings. The molecular formula is C23H28N10O4. The van der Waals surface area contributed by atoms with Crippen molar-refractivity contribution in [2.45, 2.75) is 43.4 Å². The van der Waals surface area contributed by atoms with E-state index in [0.29, 0.717) is 5.56 Å². The van der Waals surface area contributed by atoms with E-state index in [2.05, 4.69) is 35.9 Å². The van der Waals surface area contributed by atoms with Crippen LogP contribution >= 0.6 is 0 Å². The Bertz CT molecular complexity index is 1310. The minimum atomic E-state index is -2.58. The van der Waals surface area contributed by atoms with Crippen molar-refractivity contribution in [3.63, 3.8) is 0 Å². The lowest BCUT2D eigenvalue weighted by Gasteiger charge is -2.49. The maximum absolute atomic E-state index is 13.1. The molecule has 1 unspecified atom stereocenters. The Kier molecular flexibility index (Phi) is 5.72. The van der Waals surface area contributed by atoms with Gasteiger partial charge in [-0.05, 0) is 31.0 Å². The van der Waals surface area contributed by atoms with Gasteiger partial charge < -0.3 is 42.5 Å². The molecule has 1 spiro atoms. The highest BCUT2D eigenvalue weighted by atomic mass is 16.5. The molecule has 1 aromatic heterocycles. The molecule has 0 bridgehead atoms. The van der Waals surface area contributed by atoms with Gasteiger partial charge in [-0.2, -0.15) is 0 Å². The fourth-order valence-corrected chi connectivity index (χ4v) is 5.19. The number of hydrogen-bond acceptors (Lipinski definition) is 12. The summed E-state index contributed by atoms with van der Waals surface area (Å²) in [5, 5.41) is 31.4. The van der Waals surface area contributed by atoms with Crippen molar-refractivity contribution in [3.05, 3.63) is 59.2 Å². The van der Waals surface area contributed by atoms with Gasteiger partial charge in [-0.3, -0.25) is 14.6 Å². The van der Waals surface area contributed by atoms with Crippen LogP contribution in [0.15, 0.2) is 46.8 Å². The SMILES string of the molecule is Cc1cccc(C(=O)N[C@H]2CN3C(N)=N[C@@H](CNC(=O)c4cnccn4)C4N=C(N)N[C@@]43C2(O)O)c1C. The number of carbonyl (C=O) groups is 2. The average molecular weight is 509 g/mol. The zero-order chi connectivity index (χ0) is 26.5. The first-order valence-corrected chi connectivity index (χ1v) is 11.6. The zero-order valence-corrected chi connectivity index (χ0v) is 20.2. The summed E-state index contributed by atoms with van der Waals surface area (Å²) in [6.07, 6.45) is 4.15. The summed E-state index contributed by atoms with van der Waals surface area (Å²) in [6, 6.07) is 2.36. The fourth-order valence-electron chi connectivity index (χ4n) is 5.19. The topological polar surface area (TPSA) is 216 Å². The van der Waals surface area contributed by atoms with Gasteiger partial charge in [-0.25, -0.2) is 15.0 Å². The fraction of sp³-hybridized carbons (Fsp3) is 0.391. The van der Waals surface area contributed by atoms with Crippen molar-refractivity contribution in [1.82, 2.24) is 30.8 Å². The Morgan fingerprint density at radius 2 is 1.97 bits per heavy atom. The quantitative estimate of drug-likeness (QED) is 0.207. The van der Waals surface area contributed by atoms with E-state index in [-0.39, 0.29) is 30.7 Å². The van der Waals surface area contributed by atoms with Crippen molar-refractivity contribution in [2.75, 3.05) is 13.1 Å². The second-order valence-corrected chi connectivity index (χ2v) is 9.32. The second kappa shape index (κ2) is 8.67. The Balaban J connectivity index is 1.41. The number of aliphatic hydroxyl groups is 2. The maximum atomic E-state index is 13.1. The van der Waals surface area contributed by atoms with Crippen LogP contribution < -0.4 is 27.4 Å². The Labute approximate surface area is 211 Å². The lowest BCUT2D eigenvalue weighted by atomic mass is 9.85. The van der Waals surface area contributed by atoms with Crippen molar-refractivity contribution >= 4 is 23.7 Å². The standard InChI is InChI=1S/C23H28N10O4/c1-11-4-3-5-13(12(11)2)18(34)30-16-10-33-21(25)29-14(9-28-19(35)15-8-26-6-7-27-15)17-22(33,23(16,36)37)32-20(24)31-17/h3-8,14,16-17,36-37H,9-10H2,1-2H3,(H2,25,29)(H,28,35)(H,30,34)(H3,24,31,32)/t14-,16-,17?,22-/m0/s1. The van der Waals surface area contributed by atoms with Gasteiger partial charge in [0.25, 0.3) is 11.8 Å². The highest BCUT2D eigenvalue weighted by molar-refractivity contribution is 5.96. The Hall–Kier alpha value is -4.30. The first kappa shape index (κ1) is 24.4. The monoisotopic (exact) mass is 508 g/mol. The molecule has 14 nitrogen and oxygen atoms in total. The largest absolute Gasteiger partial charge is 0.370 e. The van der Waals surface area contributed by atoms with Gasteiger partial charge in [0.05, 0.1) is 12.2 Å². The predicted octanol–water partition coefficient (Wildman–Crippen LogP) is -2.70. The third kappa shape index (κ3) is 3.72. The van der Waals surface area contributed by atoms with Crippen LogP contribution in [0.4, 0.5) is 0 Å². The number of rotatable bonds is 5. The third-order valence-corrected chi connectivity index (χ3v) is 7.22. The minimum absolute atomic E-state index is 0.0247. The number of carbonyl (C=O) groups excluding carboxylic acids is 2. The number of amides is 2. The van der Waals surface area contributed by atoms with Crippen LogP contribution in [0.5, 0.6) is 0 Å². The van der Waals surface area contributed by atoms with Crippen molar-refractivity contribution < 1.29 is 19.8 Å². The summed E-state index contributed by atoms with van der Waals surface area (Å²) in [4.78, 5) is 43.8.